The van der Waals surface area contributed by atoms with Gasteiger partial charge in [0.05, 0.1) is 0 Å². The molecule has 4 nitrogen and oxygen atoms in total. The Morgan fingerprint density at radius 2 is 2.05 bits per heavy atom. The SMILES string of the molecule is CSCCCC(=O)N1Cc2ccccc2CC1C(=O)O. The quantitative estimate of drug-likeness (QED) is 0.845. The first-order chi connectivity index (χ1) is 9.63. The lowest BCUT2D eigenvalue weighted by atomic mass is 9.93. The van der Waals surface area contributed by atoms with E-state index in [0.29, 0.717) is 19.4 Å². The van der Waals surface area contributed by atoms with Crippen LogP contribution in [0.4, 0.5) is 0 Å². The van der Waals surface area contributed by atoms with E-state index in [1.54, 1.807) is 11.8 Å². The summed E-state index contributed by atoms with van der Waals surface area (Å²) in [5.41, 5.74) is 2.09. The van der Waals surface area contributed by atoms with Gasteiger partial charge in [-0.15, -0.1) is 0 Å². The monoisotopic (exact) mass is 293 g/mol. The first kappa shape index (κ1) is 14.9. The number of nitrogens with zero attached hydrogens (tertiary/aromatic N) is 1. The number of amides is 1. The van der Waals surface area contributed by atoms with Gasteiger partial charge < -0.3 is 10.0 Å². The van der Waals surface area contributed by atoms with E-state index in [4.69, 9.17) is 0 Å². The van der Waals surface area contributed by atoms with Crippen LogP contribution >= 0.6 is 11.8 Å². The van der Waals surface area contributed by atoms with Crippen LogP contribution in [0, 0.1) is 0 Å². The number of fused-ring (bicyclic) bond motifs is 1. The standard InChI is InChI=1S/C15H19NO3S/c1-20-8-4-7-14(17)16-10-12-6-3-2-5-11(12)9-13(16)15(18)19/h2-3,5-6,13H,4,7-10H2,1H3,(H,18,19). The topological polar surface area (TPSA) is 57.6 Å². The zero-order chi connectivity index (χ0) is 14.5. The van der Waals surface area contributed by atoms with Crippen LogP contribution in [0.25, 0.3) is 0 Å². The molecule has 1 aliphatic rings. The number of carbonyl (C=O) groups is 2. The molecular weight excluding hydrogens is 274 g/mol. The van der Waals surface area contributed by atoms with Crippen molar-refractivity contribution in [2.75, 3.05) is 12.0 Å². The van der Waals surface area contributed by atoms with Gasteiger partial charge in [-0.25, -0.2) is 4.79 Å². The zero-order valence-corrected chi connectivity index (χ0v) is 12.4. The summed E-state index contributed by atoms with van der Waals surface area (Å²) >= 11 is 1.70. The summed E-state index contributed by atoms with van der Waals surface area (Å²) in [6.07, 6.45) is 3.62. The van der Waals surface area contributed by atoms with Crippen LogP contribution in [-0.4, -0.2) is 39.9 Å². The number of thioether (sulfide) groups is 1. The summed E-state index contributed by atoms with van der Waals surface area (Å²) in [5.74, 6) is -0.0489. The van der Waals surface area contributed by atoms with Crippen molar-refractivity contribution >= 4 is 23.6 Å². The average Bonchev–Trinajstić information content (AvgIpc) is 2.46. The van der Waals surface area contributed by atoms with Crippen LogP contribution in [0.1, 0.15) is 24.0 Å². The van der Waals surface area contributed by atoms with Gasteiger partial charge in [0.15, 0.2) is 0 Å². The van der Waals surface area contributed by atoms with Crippen LogP contribution in [-0.2, 0) is 22.6 Å². The van der Waals surface area contributed by atoms with Crippen molar-refractivity contribution < 1.29 is 14.7 Å². The maximum absolute atomic E-state index is 12.3. The van der Waals surface area contributed by atoms with Crippen molar-refractivity contribution in [2.45, 2.75) is 31.8 Å². The van der Waals surface area contributed by atoms with Crippen LogP contribution in [0.3, 0.4) is 0 Å². The second-order valence-corrected chi connectivity index (χ2v) is 5.93. The number of aliphatic carboxylic acids is 1. The van der Waals surface area contributed by atoms with Crippen molar-refractivity contribution in [3.05, 3.63) is 35.4 Å². The summed E-state index contributed by atoms with van der Waals surface area (Å²) in [6.45, 7) is 0.408. The average molecular weight is 293 g/mol. The maximum atomic E-state index is 12.3. The molecule has 0 fully saturated rings. The highest BCUT2D eigenvalue weighted by Crippen LogP contribution is 2.24. The third-order valence-corrected chi connectivity index (χ3v) is 4.29. The lowest BCUT2D eigenvalue weighted by Crippen LogP contribution is -2.48. The molecule has 0 aliphatic carbocycles. The molecule has 108 valence electrons. The minimum Gasteiger partial charge on any atom is -0.480 e. The molecule has 1 heterocycles. The van der Waals surface area contributed by atoms with Crippen LogP contribution in [0.15, 0.2) is 24.3 Å². The molecule has 0 saturated heterocycles. The van der Waals surface area contributed by atoms with Gasteiger partial charge in [-0.3, -0.25) is 4.79 Å². The Labute approximate surface area is 123 Å². The predicted octanol–water partition coefficient (Wildman–Crippen LogP) is 2.17. The molecule has 1 amide bonds. The van der Waals surface area contributed by atoms with Gasteiger partial charge in [0.2, 0.25) is 5.91 Å². The van der Waals surface area contributed by atoms with E-state index in [1.807, 2.05) is 30.5 Å². The molecule has 0 bridgehead atoms. The Morgan fingerprint density at radius 1 is 1.35 bits per heavy atom. The Morgan fingerprint density at radius 3 is 2.70 bits per heavy atom. The molecule has 1 aromatic rings. The summed E-state index contributed by atoms with van der Waals surface area (Å²) in [5, 5.41) is 9.36. The normalized spacial score (nSPS) is 17.6. The second-order valence-electron chi connectivity index (χ2n) is 4.94. The Bertz CT molecular complexity index is 504. The fraction of sp³-hybridized carbons (Fsp3) is 0.467. The molecule has 1 N–H and O–H groups in total. The fourth-order valence-corrected chi connectivity index (χ4v) is 2.95. The number of rotatable bonds is 5. The Kier molecular flexibility index (Phi) is 5.06. The predicted molar refractivity (Wildman–Crippen MR) is 79.7 cm³/mol. The van der Waals surface area contributed by atoms with Crippen LogP contribution in [0.2, 0.25) is 0 Å². The molecule has 0 saturated carbocycles. The second kappa shape index (κ2) is 6.79. The number of benzene rings is 1. The summed E-state index contributed by atoms with van der Waals surface area (Å²) in [6, 6.07) is 7.02. The van der Waals surface area contributed by atoms with Crippen molar-refractivity contribution in [2.24, 2.45) is 0 Å². The van der Waals surface area contributed by atoms with Gasteiger partial charge in [0.25, 0.3) is 0 Å². The van der Waals surface area contributed by atoms with E-state index in [0.717, 1.165) is 23.3 Å². The molecule has 1 aromatic carbocycles. The van der Waals surface area contributed by atoms with Crippen molar-refractivity contribution in [3.8, 4) is 0 Å². The highest BCUT2D eigenvalue weighted by molar-refractivity contribution is 7.98. The lowest BCUT2D eigenvalue weighted by molar-refractivity contribution is -0.151. The highest BCUT2D eigenvalue weighted by Gasteiger charge is 2.33. The smallest absolute Gasteiger partial charge is 0.326 e. The molecule has 2 rings (SSSR count). The molecule has 20 heavy (non-hydrogen) atoms. The van der Waals surface area contributed by atoms with Gasteiger partial charge >= 0.3 is 5.97 Å². The van der Waals surface area contributed by atoms with Crippen molar-refractivity contribution in [1.82, 2.24) is 4.90 Å². The van der Waals surface area contributed by atoms with E-state index in [9.17, 15) is 14.7 Å². The van der Waals surface area contributed by atoms with Gasteiger partial charge in [-0.1, -0.05) is 24.3 Å². The first-order valence-electron chi connectivity index (χ1n) is 6.71. The van der Waals surface area contributed by atoms with Crippen molar-refractivity contribution in [1.29, 1.82) is 0 Å². The molecule has 0 radical (unpaired) electrons. The number of carbonyl (C=O) groups excluding carboxylic acids is 1. The van der Waals surface area contributed by atoms with Crippen LogP contribution in [0.5, 0.6) is 0 Å². The van der Waals surface area contributed by atoms with E-state index < -0.39 is 12.0 Å². The highest BCUT2D eigenvalue weighted by atomic mass is 32.2. The zero-order valence-electron chi connectivity index (χ0n) is 11.5. The number of hydrogen-bond donors (Lipinski definition) is 1. The number of hydrogen-bond acceptors (Lipinski definition) is 3. The first-order valence-corrected chi connectivity index (χ1v) is 8.11. The largest absolute Gasteiger partial charge is 0.480 e. The van der Waals surface area contributed by atoms with Crippen molar-refractivity contribution in [3.63, 3.8) is 0 Å². The van der Waals surface area contributed by atoms with Gasteiger partial charge in [-0.05, 0) is 29.6 Å². The lowest BCUT2D eigenvalue weighted by Gasteiger charge is -2.34. The van der Waals surface area contributed by atoms with Gasteiger partial charge in [-0.2, -0.15) is 11.8 Å². The molecule has 0 spiro atoms. The molecule has 1 atom stereocenters. The summed E-state index contributed by atoms with van der Waals surface area (Å²) < 4.78 is 0. The van der Waals surface area contributed by atoms with E-state index in [-0.39, 0.29) is 5.91 Å². The summed E-state index contributed by atoms with van der Waals surface area (Å²) in [4.78, 5) is 25.2. The minimum atomic E-state index is -0.919. The van der Waals surface area contributed by atoms with Gasteiger partial charge in [0.1, 0.15) is 6.04 Å². The van der Waals surface area contributed by atoms with E-state index in [2.05, 4.69) is 0 Å². The molecule has 0 aromatic heterocycles. The maximum Gasteiger partial charge on any atom is 0.326 e. The third-order valence-electron chi connectivity index (χ3n) is 3.59. The third kappa shape index (κ3) is 3.33. The number of carboxylic acids is 1. The molecule has 5 heteroatoms. The Balaban J connectivity index is 2.13. The van der Waals surface area contributed by atoms with Crippen LogP contribution < -0.4 is 0 Å². The van der Waals surface area contributed by atoms with E-state index >= 15 is 0 Å². The molecular formula is C15H19NO3S. The van der Waals surface area contributed by atoms with E-state index in [1.165, 1.54) is 4.90 Å². The minimum absolute atomic E-state index is 0.0547. The fourth-order valence-electron chi connectivity index (χ4n) is 2.52. The summed E-state index contributed by atoms with van der Waals surface area (Å²) in [7, 11) is 0. The van der Waals surface area contributed by atoms with Gasteiger partial charge in [0, 0.05) is 19.4 Å². The Hall–Kier alpha value is -1.49. The molecule has 1 unspecified atom stereocenters. The number of carboxylic acid groups (broad SMARTS) is 1. The molecule has 1 aliphatic heterocycles.